The van der Waals surface area contributed by atoms with Gasteiger partial charge in [0.15, 0.2) is 5.58 Å². The van der Waals surface area contributed by atoms with Crippen LogP contribution < -0.4 is 4.90 Å². The topological polar surface area (TPSA) is 29.3 Å². The third-order valence-corrected chi connectivity index (χ3v) is 8.10. The molecule has 208 valence electrons. The van der Waals surface area contributed by atoms with Gasteiger partial charge in [-0.25, -0.2) is 4.98 Å². The second kappa shape index (κ2) is 11.0. The Morgan fingerprint density at radius 2 is 1.02 bits per heavy atom. The lowest BCUT2D eigenvalue weighted by Gasteiger charge is -2.28. The van der Waals surface area contributed by atoms with Gasteiger partial charge in [-0.2, -0.15) is 0 Å². The van der Waals surface area contributed by atoms with Crippen LogP contribution in [0.3, 0.4) is 0 Å². The van der Waals surface area contributed by atoms with E-state index in [4.69, 9.17) is 9.40 Å². The molecule has 0 saturated heterocycles. The van der Waals surface area contributed by atoms with Crippen LogP contribution in [0.1, 0.15) is 0 Å². The van der Waals surface area contributed by atoms with Crippen LogP contribution >= 0.6 is 0 Å². The largest absolute Gasteiger partial charge is 0.436 e. The van der Waals surface area contributed by atoms with E-state index >= 15 is 0 Å². The summed E-state index contributed by atoms with van der Waals surface area (Å²) in [6.07, 6.45) is 0. The van der Waals surface area contributed by atoms with Crippen LogP contribution in [0.4, 0.5) is 17.1 Å². The number of anilines is 3. The molecule has 0 aliphatic heterocycles. The Morgan fingerprint density at radius 3 is 1.75 bits per heavy atom. The molecule has 0 aliphatic carbocycles. The number of hydrogen-bond acceptors (Lipinski definition) is 3. The molecule has 7 aromatic carbocycles. The van der Waals surface area contributed by atoms with Gasteiger partial charge in [-0.15, -0.1) is 0 Å². The van der Waals surface area contributed by atoms with E-state index in [1.54, 1.807) is 0 Å². The van der Waals surface area contributed by atoms with Crippen molar-refractivity contribution in [1.29, 1.82) is 0 Å². The summed E-state index contributed by atoms with van der Waals surface area (Å²) in [4.78, 5) is 7.32. The molecule has 0 fully saturated rings. The van der Waals surface area contributed by atoms with E-state index in [0.29, 0.717) is 5.89 Å². The molecule has 0 atom stereocenters. The fourth-order valence-corrected chi connectivity index (χ4v) is 5.93. The van der Waals surface area contributed by atoms with E-state index in [2.05, 4.69) is 138 Å². The zero-order valence-corrected chi connectivity index (χ0v) is 24.0. The summed E-state index contributed by atoms with van der Waals surface area (Å²) in [5.41, 5.74) is 10.5. The highest BCUT2D eigenvalue weighted by Gasteiger charge is 2.19. The average Bonchev–Trinajstić information content (AvgIpc) is 3.56. The first-order valence-electron chi connectivity index (χ1n) is 14.8. The molecule has 0 bridgehead atoms. The van der Waals surface area contributed by atoms with Gasteiger partial charge in [0.1, 0.15) is 5.52 Å². The van der Waals surface area contributed by atoms with Crippen LogP contribution in [0.2, 0.25) is 0 Å². The van der Waals surface area contributed by atoms with Crippen LogP contribution in [0.15, 0.2) is 174 Å². The van der Waals surface area contributed by atoms with Crippen molar-refractivity contribution in [1.82, 2.24) is 4.98 Å². The zero-order chi connectivity index (χ0) is 29.3. The number of oxazole rings is 1. The molecule has 0 aliphatic rings. The van der Waals surface area contributed by atoms with Crippen LogP contribution in [0.5, 0.6) is 0 Å². The van der Waals surface area contributed by atoms with E-state index in [1.165, 1.54) is 16.7 Å². The Morgan fingerprint density at radius 1 is 0.455 bits per heavy atom. The molecule has 3 heteroatoms. The van der Waals surface area contributed by atoms with Crippen LogP contribution in [0, 0.1) is 0 Å². The van der Waals surface area contributed by atoms with Gasteiger partial charge in [0, 0.05) is 27.9 Å². The predicted octanol–water partition coefficient (Wildman–Crippen LogP) is 11.5. The number of hydrogen-bond donors (Lipinski definition) is 0. The third kappa shape index (κ3) is 4.71. The molecule has 0 spiro atoms. The molecule has 8 aromatic rings. The van der Waals surface area contributed by atoms with Crippen LogP contribution in [-0.2, 0) is 0 Å². The van der Waals surface area contributed by atoms with Crippen molar-refractivity contribution in [2.45, 2.75) is 0 Å². The molecule has 0 radical (unpaired) electrons. The normalized spacial score (nSPS) is 11.2. The second-order valence-electron chi connectivity index (χ2n) is 10.8. The number of aromatic nitrogens is 1. The van der Waals surface area contributed by atoms with Gasteiger partial charge in [0.05, 0.1) is 5.69 Å². The molecule has 1 heterocycles. The molecule has 8 rings (SSSR count). The molecule has 3 nitrogen and oxygen atoms in total. The van der Waals surface area contributed by atoms with Gasteiger partial charge < -0.3 is 9.32 Å². The zero-order valence-electron chi connectivity index (χ0n) is 24.0. The summed E-state index contributed by atoms with van der Waals surface area (Å²) in [7, 11) is 0. The quantitative estimate of drug-likeness (QED) is 0.201. The van der Waals surface area contributed by atoms with Gasteiger partial charge in [-0.1, -0.05) is 121 Å². The number of para-hydroxylation sites is 1. The minimum Gasteiger partial charge on any atom is -0.436 e. The van der Waals surface area contributed by atoms with Crippen molar-refractivity contribution < 1.29 is 4.42 Å². The molecule has 44 heavy (non-hydrogen) atoms. The van der Waals surface area contributed by atoms with Crippen LogP contribution in [-0.4, -0.2) is 4.98 Å². The van der Waals surface area contributed by atoms with Crippen molar-refractivity contribution in [2.75, 3.05) is 4.90 Å². The summed E-state index contributed by atoms with van der Waals surface area (Å²) in [6.45, 7) is 0. The Hall–Kier alpha value is -5.93. The number of fused-ring (bicyclic) bond motifs is 3. The first-order valence-corrected chi connectivity index (χ1v) is 14.8. The van der Waals surface area contributed by atoms with Crippen molar-refractivity contribution in [2.24, 2.45) is 0 Å². The SMILES string of the molecule is c1ccc(-c2ccc(N(c3ccc4ccc5oc(-c6ccccc6)nc5c4c3)c3ccccc3-c3ccccc3)cc2)cc1. The third-order valence-electron chi connectivity index (χ3n) is 8.10. The first kappa shape index (κ1) is 25.8. The molecule has 0 N–H and O–H groups in total. The summed E-state index contributed by atoms with van der Waals surface area (Å²) < 4.78 is 6.24. The summed E-state index contributed by atoms with van der Waals surface area (Å²) in [6, 6.07) is 59.3. The Kier molecular flexibility index (Phi) is 6.47. The number of nitrogens with zero attached hydrogens (tertiary/aromatic N) is 2. The van der Waals surface area contributed by atoms with Crippen molar-refractivity contribution in [3.8, 4) is 33.7 Å². The van der Waals surface area contributed by atoms with Gasteiger partial charge >= 0.3 is 0 Å². The molecule has 0 unspecified atom stereocenters. The highest BCUT2D eigenvalue weighted by Crippen LogP contribution is 2.42. The maximum atomic E-state index is 6.24. The van der Waals surface area contributed by atoms with Crippen molar-refractivity contribution in [3.63, 3.8) is 0 Å². The van der Waals surface area contributed by atoms with E-state index < -0.39 is 0 Å². The van der Waals surface area contributed by atoms with Gasteiger partial charge in [-0.3, -0.25) is 0 Å². The van der Waals surface area contributed by atoms with Gasteiger partial charge in [-0.05, 0) is 70.6 Å². The van der Waals surface area contributed by atoms with Gasteiger partial charge in [0.25, 0.3) is 0 Å². The highest BCUT2D eigenvalue weighted by atomic mass is 16.3. The lowest BCUT2D eigenvalue weighted by atomic mass is 10.0. The van der Waals surface area contributed by atoms with Crippen molar-refractivity contribution >= 4 is 38.9 Å². The monoisotopic (exact) mass is 564 g/mol. The van der Waals surface area contributed by atoms with E-state index in [0.717, 1.165) is 50.1 Å². The summed E-state index contributed by atoms with van der Waals surface area (Å²) in [5, 5.41) is 2.17. The molecule has 1 aromatic heterocycles. The number of rotatable bonds is 6. The Balaban J connectivity index is 1.32. The Labute approximate surface area is 256 Å². The van der Waals surface area contributed by atoms with Crippen LogP contribution in [0.25, 0.3) is 55.6 Å². The second-order valence-corrected chi connectivity index (χ2v) is 10.8. The molecule has 0 amide bonds. The summed E-state index contributed by atoms with van der Waals surface area (Å²) in [5.74, 6) is 0.626. The van der Waals surface area contributed by atoms with E-state index in [-0.39, 0.29) is 0 Å². The first-order chi connectivity index (χ1) is 21.8. The Bertz CT molecular complexity index is 2200. The van der Waals surface area contributed by atoms with Crippen molar-refractivity contribution in [3.05, 3.63) is 170 Å². The average molecular weight is 565 g/mol. The minimum absolute atomic E-state index is 0.626. The lowest BCUT2D eigenvalue weighted by molar-refractivity contribution is 0.620. The fourth-order valence-electron chi connectivity index (χ4n) is 5.93. The van der Waals surface area contributed by atoms with E-state index in [9.17, 15) is 0 Å². The smallest absolute Gasteiger partial charge is 0.227 e. The highest BCUT2D eigenvalue weighted by molar-refractivity contribution is 6.06. The number of benzene rings is 7. The maximum absolute atomic E-state index is 6.24. The standard InChI is InChI=1S/C41H28N2O/c1-4-12-29(13-5-1)30-20-24-34(25-21-30)43(38-19-11-10-18-36(38)31-14-6-2-7-15-31)35-26-22-32-23-27-39-40(37(32)28-35)42-41(44-39)33-16-8-3-9-17-33/h1-28H. The predicted molar refractivity (Wildman–Crippen MR) is 183 cm³/mol. The lowest BCUT2D eigenvalue weighted by Crippen LogP contribution is -2.11. The molecular formula is C41H28N2O. The molecular weight excluding hydrogens is 536 g/mol. The molecule has 0 saturated carbocycles. The maximum Gasteiger partial charge on any atom is 0.227 e. The fraction of sp³-hybridized carbons (Fsp3) is 0. The van der Waals surface area contributed by atoms with E-state index in [1.807, 2.05) is 36.4 Å². The van der Waals surface area contributed by atoms with Gasteiger partial charge in [0.2, 0.25) is 5.89 Å². The minimum atomic E-state index is 0.626. The summed E-state index contributed by atoms with van der Waals surface area (Å²) >= 11 is 0.